The summed E-state index contributed by atoms with van der Waals surface area (Å²) in [5, 5.41) is 4.63. The van der Waals surface area contributed by atoms with Crippen LogP contribution in [0.5, 0.6) is 5.75 Å². The summed E-state index contributed by atoms with van der Waals surface area (Å²) in [6, 6.07) is 2.03. The zero-order chi connectivity index (χ0) is 12.7. The summed E-state index contributed by atoms with van der Waals surface area (Å²) in [5.74, 6) is 0.949. The van der Waals surface area contributed by atoms with Gasteiger partial charge in [0.05, 0.1) is 12.5 Å². The second kappa shape index (κ2) is 4.28. The molecule has 96 valence electrons. The molecule has 0 spiro atoms. The van der Waals surface area contributed by atoms with Crippen LogP contribution in [0.25, 0.3) is 11.0 Å². The molecule has 1 aliphatic rings. The molecule has 3 heterocycles. The Morgan fingerprint density at radius 3 is 3.06 bits per heavy atom. The zero-order valence-corrected chi connectivity index (χ0v) is 11.2. The van der Waals surface area contributed by atoms with Gasteiger partial charge in [-0.1, -0.05) is 0 Å². The highest BCUT2D eigenvalue weighted by Crippen LogP contribution is 2.34. The molecule has 0 radical (unpaired) electrons. The van der Waals surface area contributed by atoms with Crippen LogP contribution in [0, 0.1) is 6.92 Å². The average Bonchev–Trinajstić information content (AvgIpc) is 2.71. The predicted octanol–water partition coefficient (Wildman–Crippen LogP) is 2.02. The van der Waals surface area contributed by atoms with Crippen molar-refractivity contribution < 1.29 is 4.74 Å². The summed E-state index contributed by atoms with van der Waals surface area (Å²) in [5.41, 5.74) is 4.87. The van der Waals surface area contributed by atoms with E-state index in [1.165, 1.54) is 16.6 Å². The highest BCUT2D eigenvalue weighted by molar-refractivity contribution is 5.89. The van der Waals surface area contributed by atoms with E-state index in [1.54, 1.807) is 7.11 Å². The van der Waals surface area contributed by atoms with E-state index < -0.39 is 0 Å². The van der Waals surface area contributed by atoms with Gasteiger partial charge in [0.15, 0.2) is 0 Å². The van der Waals surface area contributed by atoms with E-state index in [0.717, 1.165) is 43.1 Å². The van der Waals surface area contributed by atoms with Gasteiger partial charge in [0, 0.05) is 49.1 Å². The lowest BCUT2D eigenvalue weighted by Crippen LogP contribution is -2.24. The maximum atomic E-state index is 5.55. The Bertz CT molecular complexity index is 601. The number of hydrogen-bond donors (Lipinski definition) is 1. The summed E-state index contributed by atoms with van der Waals surface area (Å²) in [4.78, 5) is 4.72. The minimum Gasteiger partial charge on any atom is -0.496 e. The minimum atomic E-state index is 0.917. The van der Waals surface area contributed by atoms with E-state index in [0.29, 0.717) is 0 Å². The summed E-state index contributed by atoms with van der Waals surface area (Å²) < 4.78 is 7.89. The molecular weight excluding hydrogens is 226 g/mol. The molecule has 0 atom stereocenters. The Labute approximate surface area is 107 Å². The van der Waals surface area contributed by atoms with E-state index in [4.69, 9.17) is 9.72 Å². The van der Waals surface area contributed by atoms with Crippen LogP contribution in [0.15, 0.2) is 6.07 Å². The molecule has 1 N–H and O–H groups in total. The Morgan fingerprint density at radius 2 is 2.33 bits per heavy atom. The van der Waals surface area contributed by atoms with Crippen molar-refractivity contribution in [3.8, 4) is 5.75 Å². The van der Waals surface area contributed by atoms with Crippen LogP contribution in [0.2, 0.25) is 0 Å². The predicted molar refractivity (Wildman–Crippen MR) is 72.1 cm³/mol. The molecule has 1 aliphatic heterocycles. The topological polar surface area (TPSA) is 39.1 Å². The van der Waals surface area contributed by atoms with Crippen molar-refractivity contribution in [1.82, 2.24) is 14.9 Å². The van der Waals surface area contributed by atoms with Crippen LogP contribution >= 0.6 is 0 Å². The lowest BCUT2D eigenvalue weighted by molar-refractivity contribution is 0.418. The molecule has 0 saturated heterocycles. The number of rotatable bonds is 2. The maximum Gasteiger partial charge on any atom is 0.144 e. The lowest BCUT2D eigenvalue weighted by Gasteiger charge is -2.15. The van der Waals surface area contributed by atoms with Crippen LogP contribution in [0.1, 0.15) is 23.9 Å². The van der Waals surface area contributed by atoms with Gasteiger partial charge in [0.1, 0.15) is 11.4 Å². The molecule has 4 nitrogen and oxygen atoms in total. The number of ether oxygens (including phenoxy) is 1. The number of pyridine rings is 1. The molecule has 0 amide bonds. The number of hydrogen-bond acceptors (Lipinski definition) is 3. The fourth-order valence-electron chi connectivity index (χ4n) is 2.94. The van der Waals surface area contributed by atoms with Gasteiger partial charge in [0.2, 0.25) is 0 Å². The minimum absolute atomic E-state index is 0.917. The quantitative estimate of drug-likeness (QED) is 0.879. The van der Waals surface area contributed by atoms with Crippen LogP contribution in [-0.4, -0.2) is 23.2 Å². The third-order valence-corrected chi connectivity index (χ3v) is 3.70. The first-order chi connectivity index (χ1) is 8.76. The summed E-state index contributed by atoms with van der Waals surface area (Å²) in [6.45, 7) is 7.13. The third kappa shape index (κ3) is 1.52. The number of nitrogens with zero attached hydrogens (tertiary/aromatic N) is 2. The van der Waals surface area contributed by atoms with Crippen LogP contribution < -0.4 is 10.1 Å². The number of fused-ring (bicyclic) bond motifs is 3. The largest absolute Gasteiger partial charge is 0.496 e. The van der Waals surface area contributed by atoms with E-state index in [-0.39, 0.29) is 0 Å². The molecule has 0 unspecified atom stereocenters. The molecule has 4 heteroatoms. The SMILES string of the molecule is CCn1c2c(c3c(OC)cc(C)nc31)CNCC2. The van der Waals surface area contributed by atoms with Crippen molar-refractivity contribution in [2.24, 2.45) is 0 Å². The molecule has 2 aromatic heterocycles. The van der Waals surface area contributed by atoms with Crippen molar-refractivity contribution in [3.05, 3.63) is 23.0 Å². The van der Waals surface area contributed by atoms with Crippen molar-refractivity contribution in [2.45, 2.75) is 33.4 Å². The maximum absolute atomic E-state index is 5.55. The van der Waals surface area contributed by atoms with Gasteiger partial charge in [0.25, 0.3) is 0 Å². The first kappa shape index (κ1) is 11.5. The molecule has 0 aliphatic carbocycles. The standard InChI is InChI=1S/C14H19N3O/c1-4-17-11-5-6-15-8-10(11)13-12(18-3)7-9(2)16-14(13)17/h7,15H,4-6,8H2,1-3H3. The first-order valence-electron chi connectivity index (χ1n) is 6.52. The zero-order valence-electron chi connectivity index (χ0n) is 11.2. The molecule has 0 fully saturated rings. The Balaban J connectivity index is 2.41. The van der Waals surface area contributed by atoms with Gasteiger partial charge >= 0.3 is 0 Å². The van der Waals surface area contributed by atoms with Crippen molar-refractivity contribution in [1.29, 1.82) is 0 Å². The smallest absolute Gasteiger partial charge is 0.144 e. The van der Waals surface area contributed by atoms with Crippen molar-refractivity contribution in [3.63, 3.8) is 0 Å². The second-order valence-electron chi connectivity index (χ2n) is 4.76. The molecular formula is C14H19N3O. The van der Waals surface area contributed by atoms with Gasteiger partial charge in [-0.25, -0.2) is 4.98 Å². The molecule has 0 saturated carbocycles. The first-order valence-corrected chi connectivity index (χ1v) is 6.52. The van der Waals surface area contributed by atoms with Gasteiger partial charge in [-0.2, -0.15) is 0 Å². The van der Waals surface area contributed by atoms with Crippen LogP contribution in [-0.2, 0) is 19.5 Å². The molecule has 2 aromatic rings. The number of aryl methyl sites for hydroxylation is 2. The fourth-order valence-corrected chi connectivity index (χ4v) is 2.94. The fraction of sp³-hybridized carbons (Fsp3) is 0.500. The summed E-state index contributed by atoms with van der Waals surface area (Å²) in [6.07, 6.45) is 1.07. The highest BCUT2D eigenvalue weighted by atomic mass is 16.5. The lowest BCUT2D eigenvalue weighted by atomic mass is 10.1. The van der Waals surface area contributed by atoms with E-state index in [2.05, 4.69) is 16.8 Å². The van der Waals surface area contributed by atoms with Gasteiger partial charge in [-0.05, 0) is 13.8 Å². The number of nitrogens with one attached hydrogen (secondary N) is 1. The van der Waals surface area contributed by atoms with E-state index in [1.807, 2.05) is 13.0 Å². The third-order valence-electron chi connectivity index (χ3n) is 3.70. The average molecular weight is 245 g/mol. The molecule has 3 rings (SSSR count). The summed E-state index contributed by atoms with van der Waals surface area (Å²) in [7, 11) is 1.74. The normalized spacial score (nSPS) is 14.8. The highest BCUT2D eigenvalue weighted by Gasteiger charge is 2.22. The van der Waals surface area contributed by atoms with Gasteiger partial charge in [-0.15, -0.1) is 0 Å². The number of aromatic nitrogens is 2. The second-order valence-corrected chi connectivity index (χ2v) is 4.76. The van der Waals surface area contributed by atoms with E-state index >= 15 is 0 Å². The Morgan fingerprint density at radius 1 is 1.50 bits per heavy atom. The Hall–Kier alpha value is -1.55. The van der Waals surface area contributed by atoms with Crippen molar-refractivity contribution in [2.75, 3.05) is 13.7 Å². The van der Waals surface area contributed by atoms with Crippen molar-refractivity contribution >= 4 is 11.0 Å². The summed E-state index contributed by atoms with van der Waals surface area (Å²) >= 11 is 0. The van der Waals surface area contributed by atoms with Gasteiger partial charge < -0.3 is 14.6 Å². The van der Waals surface area contributed by atoms with E-state index in [9.17, 15) is 0 Å². The molecule has 0 aromatic carbocycles. The monoisotopic (exact) mass is 245 g/mol. The molecule has 18 heavy (non-hydrogen) atoms. The Kier molecular flexibility index (Phi) is 2.74. The molecule has 0 bridgehead atoms. The van der Waals surface area contributed by atoms with Gasteiger partial charge in [-0.3, -0.25) is 0 Å². The van der Waals surface area contributed by atoms with Crippen LogP contribution in [0.3, 0.4) is 0 Å². The number of methoxy groups -OCH3 is 1. The van der Waals surface area contributed by atoms with Crippen LogP contribution in [0.4, 0.5) is 0 Å².